The van der Waals surface area contributed by atoms with Crippen molar-refractivity contribution in [1.29, 1.82) is 0 Å². The Morgan fingerprint density at radius 1 is 0.950 bits per heavy atom. The van der Waals surface area contributed by atoms with E-state index < -0.39 is 40.5 Å². The molecular weight excluding hydrogens is 276 g/mol. The minimum Gasteiger partial charge on any atom is -0.496 e. The summed E-state index contributed by atoms with van der Waals surface area (Å²) in [4.78, 5) is 0. The number of halogens is 4. The molecule has 0 bridgehead atoms. The lowest BCUT2D eigenvalue weighted by Gasteiger charge is -2.17. The van der Waals surface area contributed by atoms with Gasteiger partial charge in [-0.1, -0.05) is 6.07 Å². The fraction of sp³-hybridized carbons (Fsp3) is 0.143. The van der Waals surface area contributed by atoms with E-state index >= 15 is 0 Å². The molecule has 0 radical (unpaired) electrons. The van der Waals surface area contributed by atoms with E-state index in [2.05, 4.69) is 0 Å². The molecule has 1 unspecified atom stereocenters. The Morgan fingerprint density at radius 2 is 1.55 bits per heavy atom. The molecule has 2 aromatic carbocycles. The van der Waals surface area contributed by atoms with Crippen molar-refractivity contribution in [3.63, 3.8) is 0 Å². The molecule has 20 heavy (non-hydrogen) atoms. The quantitative estimate of drug-likeness (QED) is 0.877. The summed E-state index contributed by atoms with van der Waals surface area (Å²) in [5.41, 5.74) is -1.26. The van der Waals surface area contributed by atoms with Crippen LogP contribution in [0.25, 0.3) is 0 Å². The second-order valence-electron chi connectivity index (χ2n) is 4.04. The van der Waals surface area contributed by atoms with Gasteiger partial charge in [0, 0.05) is 12.1 Å². The van der Waals surface area contributed by atoms with Gasteiger partial charge in [0.2, 0.25) is 0 Å². The van der Waals surface area contributed by atoms with Crippen LogP contribution in [-0.4, -0.2) is 12.2 Å². The third-order valence-corrected chi connectivity index (χ3v) is 2.82. The van der Waals surface area contributed by atoms with Crippen LogP contribution in [0.2, 0.25) is 0 Å². The number of aliphatic hydroxyl groups is 1. The zero-order valence-corrected chi connectivity index (χ0v) is 10.3. The highest BCUT2D eigenvalue weighted by Gasteiger charge is 2.26. The van der Waals surface area contributed by atoms with Gasteiger partial charge in [0.05, 0.1) is 18.2 Å². The summed E-state index contributed by atoms with van der Waals surface area (Å²) in [6, 6.07) is 4.49. The Bertz CT molecular complexity index is 620. The molecule has 1 atom stereocenters. The number of hydrogen-bond acceptors (Lipinski definition) is 2. The standard InChI is InChI=1S/C14H10F4O2/c1-20-11-4-2-3-8(16)13(11)14(19)12-9(17)5-7(15)6-10(12)18/h2-6,14,19H,1H3. The van der Waals surface area contributed by atoms with E-state index in [-0.39, 0.29) is 5.75 Å². The minimum absolute atomic E-state index is 0.0689. The molecule has 6 heteroatoms. The molecule has 0 saturated carbocycles. The van der Waals surface area contributed by atoms with Gasteiger partial charge in [0.1, 0.15) is 35.1 Å². The highest BCUT2D eigenvalue weighted by molar-refractivity contribution is 5.42. The molecule has 0 aromatic heterocycles. The van der Waals surface area contributed by atoms with Crippen LogP contribution < -0.4 is 4.74 Å². The van der Waals surface area contributed by atoms with Crippen molar-refractivity contribution in [2.75, 3.05) is 7.11 Å². The summed E-state index contributed by atoms with van der Waals surface area (Å²) < 4.78 is 58.7. The highest BCUT2D eigenvalue weighted by atomic mass is 19.1. The fourth-order valence-electron chi connectivity index (χ4n) is 1.92. The van der Waals surface area contributed by atoms with Crippen LogP contribution >= 0.6 is 0 Å². The van der Waals surface area contributed by atoms with Crippen LogP contribution in [0.3, 0.4) is 0 Å². The van der Waals surface area contributed by atoms with Crippen LogP contribution in [0.15, 0.2) is 30.3 Å². The van der Waals surface area contributed by atoms with Crippen molar-refractivity contribution in [2.45, 2.75) is 6.10 Å². The topological polar surface area (TPSA) is 29.5 Å². The monoisotopic (exact) mass is 286 g/mol. The molecule has 0 aliphatic heterocycles. The molecule has 0 aliphatic carbocycles. The number of rotatable bonds is 3. The Kier molecular flexibility index (Phi) is 3.94. The molecule has 2 nitrogen and oxygen atoms in total. The van der Waals surface area contributed by atoms with Gasteiger partial charge in [-0.25, -0.2) is 17.6 Å². The Labute approximate surface area is 112 Å². The number of benzene rings is 2. The summed E-state index contributed by atoms with van der Waals surface area (Å²) >= 11 is 0. The van der Waals surface area contributed by atoms with E-state index in [1.54, 1.807) is 0 Å². The third kappa shape index (κ3) is 2.46. The highest BCUT2D eigenvalue weighted by Crippen LogP contribution is 2.34. The lowest BCUT2D eigenvalue weighted by atomic mass is 9.99. The normalized spacial score (nSPS) is 12.3. The average Bonchev–Trinajstić information content (AvgIpc) is 2.36. The van der Waals surface area contributed by atoms with Crippen molar-refractivity contribution in [1.82, 2.24) is 0 Å². The van der Waals surface area contributed by atoms with Crippen LogP contribution in [0.5, 0.6) is 5.75 Å². The fourth-order valence-corrected chi connectivity index (χ4v) is 1.92. The summed E-state index contributed by atoms with van der Waals surface area (Å²) in [6.07, 6.45) is -1.95. The molecule has 1 N–H and O–H groups in total. The van der Waals surface area contributed by atoms with Gasteiger partial charge in [0.15, 0.2) is 0 Å². The molecular formula is C14H10F4O2. The van der Waals surface area contributed by atoms with Crippen molar-refractivity contribution < 1.29 is 27.4 Å². The predicted octanol–water partition coefficient (Wildman–Crippen LogP) is 3.33. The first kappa shape index (κ1) is 14.3. The van der Waals surface area contributed by atoms with Gasteiger partial charge < -0.3 is 9.84 Å². The van der Waals surface area contributed by atoms with Gasteiger partial charge in [0.25, 0.3) is 0 Å². The van der Waals surface area contributed by atoms with Crippen molar-refractivity contribution in [2.24, 2.45) is 0 Å². The summed E-state index contributed by atoms with van der Waals surface area (Å²) in [7, 11) is 1.22. The van der Waals surface area contributed by atoms with Crippen molar-refractivity contribution in [3.05, 3.63) is 64.7 Å². The first-order valence-electron chi connectivity index (χ1n) is 5.60. The second kappa shape index (κ2) is 5.50. The average molecular weight is 286 g/mol. The molecule has 106 valence electrons. The van der Waals surface area contributed by atoms with Gasteiger partial charge in [-0.3, -0.25) is 0 Å². The number of hydrogen-bond donors (Lipinski definition) is 1. The molecule has 0 heterocycles. The van der Waals surface area contributed by atoms with E-state index in [1.807, 2.05) is 0 Å². The number of ether oxygens (including phenoxy) is 1. The third-order valence-electron chi connectivity index (χ3n) is 2.82. The number of aliphatic hydroxyl groups excluding tert-OH is 1. The van der Waals surface area contributed by atoms with Gasteiger partial charge in [-0.05, 0) is 12.1 Å². The van der Waals surface area contributed by atoms with Crippen molar-refractivity contribution in [3.8, 4) is 5.75 Å². The van der Waals surface area contributed by atoms with Crippen LogP contribution in [0, 0.1) is 23.3 Å². The van der Waals surface area contributed by atoms with Crippen molar-refractivity contribution >= 4 is 0 Å². The second-order valence-corrected chi connectivity index (χ2v) is 4.04. The maximum absolute atomic E-state index is 13.8. The first-order chi connectivity index (χ1) is 9.45. The smallest absolute Gasteiger partial charge is 0.135 e. The summed E-state index contributed by atoms with van der Waals surface area (Å²) in [5.74, 6) is -4.70. The molecule has 2 aromatic rings. The van der Waals surface area contributed by atoms with Gasteiger partial charge in [-0.2, -0.15) is 0 Å². The van der Waals surface area contributed by atoms with Gasteiger partial charge in [-0.15, -0.1) is 0 Å². The zero-order chi connectivity index (χ0) is 14.9. The van der Waals surface area contributed by atoms with Crippen LogP contribution in [0.1, 0.15) is 17.2 Å². The molecule has 0 saturated heterocycles. The predicted molar refractivity (Wildman–Crippen MR) is 63.3 cm³/mol. The Hall–Kier alpha value is -2.08. The van der Waals surface area contributed by atoms with Gasteiger partial charge >= 0.3 is 0 Å². The molecule has 0 amide bonds. The molecule has 2 rings (SSSR count). The maximum atomic E-state index is 13.8. The van der Waals surface area contributed by atoms with E-state index in [0.29, 0.717) is 12.1 Å². The van der Waals surface area contributed by atoms with E-state index in [1.165, 1.54) is 19.2 Å². The first-order valence-corrected chi connectivity index (χ1v) is 5.60. The lowest BCUT2D eigenvalue weighted by molar-refractivity contribution is 0.198. The maximum Gasteiger partial charge on any atom is 0.135 e. The summed E-state index contributed by atoms with van der Waals surface area (Å²) in [5, 5.41) is 10.0. The SMILES string of the molecule is COc1cccc(F)c1C(O)c1c(F)cc(F)cc1F. The summed E-state index contributed by atoms with van der Waals surface area (Å²) in [6.45, 7) is 0. The molecule has 0 aliphatic rings. The lowest BCUT2D eigenvalue weighted by Crippen LogP contribution is -2.10. The zero-order valence-electron chi connectivity index (χ0n) is 10.3. The van der Waals surface area contributed by atoms with Crippen LogP contribution in [0.4, 0.5) is 17.6 Å². The van der Waals surface area contributed by atoms with E-state index in [0.717, 1.165) is 6.07 Å². The Morgan fingerprint density at radius 3 is 2.10 bits per heavy atom. The Balaban J connectivity index is 2.61. The largest absolute Gasteiger partial charge is 0.496 e. The molecule has 0 fully saturated rings. The van der Waals surface area contributed by atoms with Crippen LogP contribution in [-0.2, 0) is 0 Å². The number of methoxy groups -OCH3 is 1. The minimum atomic E-state index is -1.95. The molecule has 0 spiro atoms. The van der Waals surface area contributed by atoms with E-state index in [4.69, 9.17) is 4.74 Å². The van der Waals surface area contributed by atoms with E-state index in [9.17, 15) is 22.7 Å².